The number of hydrogen-bond acceptors (Lipinski definition) is 6. The zero-order chi connectivity index (χ0) is 20.2. The molecule has 1 atom stereocenters. The molecule has 0 saturated carbocycles. The van der Waals surface area contributed by atoms with Crippen molar-refractivity contribution in [2.45, 2.75) is 44.5 Å². The van der Waals surface area contributed by atoms with Crippen molar-refractivity contribution in [1.82, 2.24) is 19.6 Å². The summed E-state index contributed by atoms with van der Waals surface area (Å²) >= 11 is 3.15. The van der Waals surface area contributed by atoms with Gasteiger partial charge in [-0.3, -0.25) is 4.21 Å². The smallest absolute Gasteiger partial charge is 0.146 e. The Morgan fingerprint density at radius 2 is 1.93 bits per heavy atom. The molecule has 0 aliphatic carbocycles. The SMILES string of the molecule is CCS(=O)c1c(-c2nc3cc(SC)ncc3s2)nn2c(C)c(C)c(C)c(C)c12. The van der Waals surface area contributed by atoms with Crippen molar-refractivity contribution < 1.29 is 4.21 Å². The van der Waals surface area contributed by atoms with Crippen LogP contribution in [0.2, 0.25) is 0 Å². The highest BCUT2D eigenvalue weighted by Gasteiger charge is 2.25. The van der Waals surface area contributed by atoms with Crippen molar-refractivity contribution >= 4 is 49.6 Å². The van der Waals surface area contributed by atoms with Crippen LogP contribution >= 0.6 is 23.1 Å². The zero-order valence-corrected chi connectivity index (χ0v) is 19.2. The number of aryl methyl sites for hydroxylation is 2. The van der Waals surface area contributed by atoms with E-state index in [9.17, 15) is 4.21 Å². The van der Waals surface area contributed by atoms with Gasteiger partial charge in [0.25, 0.3) is 0 Å². The van der Waals surface area contributed by atoms with Crippen LogP contribution in [-0.4, -0.2) is 35.8 Å². The highest BCUT2D eigenvalue weighted by Crippen LogP contribution is 2.37. The van der Waals surface area contributed by atoms with Crippen LogP contribution in [0.3, 0.4) is 0 Å². The molecule has 0 saturated heterocycles. The van der Waals surface area contributed by atoms with E-state index in [2.05, 4.69) is 32.7 Å². The number of pyridine rings is 2. The average Bonchev–Trinajstić information content (AvgIpc) is 3.30. The molecule has 1 unspecified atom stereocenters. The van der Waals surface area contributed by atoms with Gasteiger partial charge >= 0.3 is 0 Å². The van der Waals surface area contributed by atoms with Crippen LogP contribution in [0.15, 0.2) is 22.2 Å². The summed E-state index contributed by atoms with van der Waals surface area (Å²) in [5, 5.41) is 6.63. The van der Waals surface area contributed by atoms with Crippen LogP contribution in [0.4, 0.5) is 0 Å². The molecule has 0 spiro atoms. The van der Waals surface area contributed by atoms with E-state index in [0.29, 0.717) is 5.75 Å². The second-order valence-corrected chi connectivity index (χ2v) is 10.3. The lowest BCUT2D eigenvalue weighted by Crippen LogP contribution is -2.03. The van der Waals surface area contributed by atoms with Gasteiger partial charge in [-0.05, 0) is 56.7 Å². The minimum Gasteiger partial charge on any atom is -0.254 e. The molecule has 4 aromatic heterocycles. The van der Waals surface area contributed by atoms with E-state index < -0.39 is 10.8 Å². The van der Waals surface area contributed by atoms with Gasteiger partial charge in [0, 0.05) is 17.6 Å². The molecule has 0 bridgehead atoms. The van der Waals surface area contributed by atoms with Crippen LogP contribution in [0, 0.1) is 27.7 Å². The van der Waals surface area contributed by atoms with Crippen molar-refractivity contribution in [3.05, 3.63) is 34.6 Å². The predicted octanol–water partition coefficient (Wildman–Crippen LogP) is 5.09. The maximum absolute atomic E-state index is 13.1. The molecular weight excluding hydrogens is 408 g/mol. The van der Waals surface area contributed by atoms with Crippen LogP contribution in [0.25, 0.3) is 26.4 Å². The van der Waals surface area contributed by atoms with E-state index in [1.807, 2.05) is 30.0 Å². The second-order valence-electron chi connectivity index (χ2n) is 6.75. The molecule has 0 radical (unpaired) electrons. The molecular formula is C20H22N4OS3. The molecule has 4 rings (SSSR count). The van der Waals surface area contributed by atoms with Gasteiger partial charge in [-0.1, -0.05) is 6.92 Å². The third-order valence-corrected chi connectivity index (χ3v) is 8.35. The number of nitrogens with zero attached hydrogens (tertiary/aromatic N) is 4. The Balaban J connectivity index is 2.08. The Morgan fingerprint density at radius 3 is 2.61 bits per heavy atom. The summed E-state index contributed by atoms with van der Waals surface area (Å²) in [5.74, 6) is 0.544. The fourth-order valence-corrected chi connectivity index (χ4v) is 5.85. The Bertz CT molecular complexity index is 1260. The van der Waals surface area contributed by atoms with Gasteiger partial charge in [-0.2, -0.15) is 5.10 Å². The van der Waals surface area contributed by atoms with E-state index in [4.69, 9.17) is 10.1 Å². The highest BCUT2D eigenvalue weighted by molar-refractivity contribution is 7.98. The van der Waals surface area contributed by atoms with Gasteiger partial charge in [-0.15, -0.1) is 23.1 Å². The molecule has 0 aliphatic heterocycles. The third-order valence-electron chi connectivity index (χ3n) is 5.33. The Labute approximate surface area is 175 Å². The van der Waals surface area contributed by atoms with Crippen molar-refractivity contribution in [3.8, 4) is 10.7 Å². The van der Waals surface area contributed by atoms with Crippen molar-refractivity contribution in [1.29, 1.82) is 0 Å². The molecule has 8 heteroatoms. The molecule has 146 valence electrons. The van der Waals surface area contributed by atoms with E-state index in [0.717, 1.165) is 47.6 Å². The molecule has 28 heavy (non-hydrogen) atoms. The Morgan fingerprint density at radius 1 is 1.18 bits per heavy atom. The predicted molar refractivity (Wildman–Crippen MR) is 119 cm³/mol. The first-order chi connectivity index (χ1) is 13.4. The fraction of sp³-hybridized carbons (Fsp3) is 0.350. The van der Waals surface area contributed by atoms with Crippen LogP contribution < -0.4 is 0 Å². The number of aromatic nitrogens is 4. The van der Waals surface area contributed by atoms with Gasteiger partial charge < -0.3 is 0 Å². The van der Waals surface area contributed by atoms with Gasteiger partial charge in [0.2, 0.25) is 0 Å². The normalized spacial score (nSPS) is 12.9. The largest absolute Gasteiger partial charge is 0.254 e. The Hall–Kier alpha value is -1.77. The minimum atomic E-state index is -1.14. The van der Waals surface area contributed by atoms with E-state index in [1.54, 1.807) is 23.1 Å². The number of hydrogen-bond donors (Lipinski definition) is 0. The van der Waals surface area contributed by atoms with Crippen molar-refractivity contribution in [2.75, 3.05) is 12.0 Å². The summed E-state index contributed by atoms with van der Waals surface area (Å²) < 4.78 is 16.0. The maximum atomic E-state index is 13.1. The lowest BCUT2D eigenvalue weighted by Gasteiger charge is -2.12. The lowest BCUT2D eigenvalue weighted by molar-refractivity contribution is 0.684. The van der Waals surface area contributed by atoms with Gasteiger partial charge in [0.15, 0.2) is 0 Å². The summed E-state index contributed by atoms with van der Waals surface area (Å²) in [4.78, 5) is 10.1. The Kier molecular flexibility index (Phi) is 5.05. The summed E-state index contributed by atoms with van der Waals surface area (Å²) in [5.41, 5.74) is 7.24. The molecule has 0 aliphatic rings. The number of fused-ring (bicyclic) bond motifs is 2. The summed E-state index contributed by atoms with van der Waals surface area (Å²) in [6.07, 6.45) is 3.86. The molecule has 0 N–H and O–H groups in total. The second kappa shape index (κ2) is 7.24. The van der Waals surface area contributed by atoms with E-state index in [-0.39, 0.29) is 0 Å². The van der Waals surface area contributed by atoms with Gasteiger partial charge in [0.05, 0.1) is 36.5 Å². The number of rotatable bonds is 4. The summed E-state index contributed by atoms with van der Waals surface area (Å²) in [6, 6.07) is 2.00. The molecule has 4 heterocycles. The topological polar surface area (TPSA) is 60.2 Å². The number of thioether (sulfide) groups is 1. The van der Waals surface area contributed by atoms with Crippen molar-refractivity contribution in [2.24, 2.45) is 0 Å². The average molecular weight is 431 g/mol. The molecule has 0 amide bonds. The highest BCUT2D eigenvalue weighted by atomic mass is 32.2. The fourth-order valence-electron chi connectivity index (χ4n) is 3.39. The van der Waals surface area contributed by atoms with Crippen molar-refractivity contribution in [3.63, 3.8) is 0 Å². The van der Waals surface area contributed by atoms with Crippen LogP contribution in [0.5, 0.6) is 0 Å². The summed E-state index contributed by atoms with van der Waals surface area (Å²) in [6.45, 7) is 10.3. The molecule has 0 aromatic carbocycles. The quantitative estimate of drug-likeness (QED) is 0.422. The summed E-state index contributed by atoms with van der Waals surface area (Å²) in [7, 11) is -1.14. The van der Waals surface area contributed by atoms with E-state index >= 15 is 0 Å². The first-order valence-electron chi connectivity index (χ1n) is 9.05. The third kappa shape index (κ3) is 2.89. The molecule has 0 fully saturated rings. The minimum absolute atomic E-state index is 0.544. The lowest BCUT2D eigenvalue weighted by atomic mass is 10.0. The first-order valence-corrected chi connectivity index (χ1v) is 12.4. The first kappa shape index (κ1) is 19.5. The molecule has 4 aromatic rings. The van der Waals surface area contributed by atoms with Crippen LogP contribution in [-0.2, 0) is 10.8 Å². The van der Waals surface area contributed by atoms with Gasteiger partial charge in [-0.25, -0.2) is 14.5 Å². The van der Waals surface area contributed by atoms with Crippen LogP contribution in [0.1, 0.15) is 29.3 Å². The maximum Gasteiger partial charge on any atom is 0.146 e. The zero-order valence-electron chi connectivity index (χ0n) is 16.8. The van der Waals surface area contributed by atoms with E-state index in [1.165, 1.54) is 11.1 Å². The molecule has 5 nitrogen and oxygen atoms in total. The van der Waals surface area contributed by atoms with Gasteiger partial charge in [0.1, 0.15) is 10.7 Å². The number of thiazole rings is 1. The monoisotopic (exact) mass is 430 g/mol. The standard InChI is InChI=1S/C20H22N4OS3/c1-7-28(25)19-17(20-22-14-8-16(26-6)21-9-15(14)27-20)23-24-13(5)11(3)10(2)12(4)18(19)24/h8-9H,7H2,1-6H3.